The Morgan fingerprint density at radius 3 is 1.69 bits per heavy atom. The van der Waals surface area contributed by atoms with E-state index < -0.39 is 0 Å². The molecule has 0 bridgehead atoms. The van der Waals surface area contributed by atoms with E-state index in [1.165, 1.54) is 93.8 Å². The first-order valence-electron chi connectivity index (χ1n) is 26.0. The smallest absolute Gasteiger partial charge is 0.0547 e. The first-order valence-corrected chi connectivity index (χ1v) is 26.0. The Balaban J connectivity index is 0.996. The van der Waals surface area contributed by atoms with Crippen molar-refractivity contribution >= 4 is 55.2 Å². The third kappa shape index (κ3) is 6.86. The van der Waals surface area contributed by atoms with Crippen LogP contribution in [0, 0.1) is 0 Å². The van der Waals surface area contributed by atoms with Crippen LogP contribution >= 0.6 is 0 Å². The number of nitrogens with zero attached hydrogens (tertiary/aromatic N) is 2. The third-order valence-electron chi connectivity index (χ3n) is 16.0. The van der Waals surface area contributed by atoms with E-state index in [2.05, 4.69) is 289 Å². The topological polar surface area (TPSA) is 8.17 Å². The van der Waals surface area contributed by atoms with Crippen LogP contribution in [0.3, 0.4) is 0 Å². The normalized spacial score (nSPS) is 14.9. The lowest BCUT2D eigenvalue weighted by Gasteiger charge is -2.31. The van der Waals surface area contributed by atoms with Crippen molar-refractivity contribution in [2.24, 2.45) is 0 Å². The molecule has 2 aliphatic rings. The molecule has 11 aromatic carbocycles. The molecule has 0 saturated heterocycles. The Bertz CT molecular complexity index is 4170. The summed E-state index contributed by atoms with van der Waals surface area (Å²) in [7, 11) is 0. The van der Waals surface area contributed by atoms with Crippen molar-refractivity contribution in [1.82, 2.24) is 4.57 Å². The third-order valence-corrected chi connectivity index (χ3v) is 16.0. The molecule has 2 heteroatoms. The zero-order chi connectivity index (χ0) is 49.2. The molecule has 1 unspecified atom stereocenters. The predicted octanol–water partition coefficient (Wildman–Crippen LogP) is 19.5. The van der Waals surface area contributed by atoms with Gasteiger partial charge >= 0.3 is 0 Å². The molecule has 0 N–H and O–H groups in total. The summed E-state index contributed by atoms with van der Waals surface area (Å²) in [5.74, 6) is 0. The van der Waals surface area contributed by atoms with Crippen LogP contribution in [-0.2, 0) is 5.41 Å². The summed E-state index contributed by atoms with van der Waals surface area (Å²) in [6.45, 7) is 2.45. The first kappa shape index (κ1) is 43.5. The Labute approximate surface area is 433 Å². The zero-order valence-electron chi connectivity index (χ0n) is 41.3. The van der Waals surface area contributed by atoms with Gasteiger partial charge < -0.3 is 9.47 Å². The number of aromatic nitrogens is 1. The van der Waals surface area contributed by atoms with E-state index in [-0.39, 0.29) is 5.41 Å². The van der Waals surface area contributed by atoms with Crippen molar-refractivity contribution in [3.8, 4) is 50.2 Å². The molecular formula is C72H52N2. The van der Waals surface area contributed by atoms with Crippen molar-refractivity contribution in [3.05, 3.63) is 295 Å². The maximum Gasteiger partial charge on any atom is 0.0547 e. The van der Waals surface area contributed by atoms with Crippen LogP contribution < -0.4 is 4.90 Å². The van der Waals surface area contributed by atoms with Gasteiger partial charge in [-0.3, -0.25) is 0 Å². The van der Waals surface area contributed by atoms with Crippen LogP contribution in [0.15, 0.2) is 279 Å². The largest absolute Gasteiger partial charge is 0.309 e. The molecule has 0 fully saturated rings. The van der Waals surface area contributed by atoms with Gasteiger partial charge in [0.2, 0.25) is 0 Å². The highest BCUT2D eigenvalue weighted by atomic mass is 15.1. The van der Waals surface area contributed by atoms with Crippen molar-refractivity contribution in [2.45, 2.75) is 25.2 Å². The molecule has 12 aromatic rings. The Hall–Kier alpha value is -9.24. The van der Waals surface area contributed by atoms with E-state index in [0.717, 1.165) is 46.7 Å². The molecule has 1 heterocycles. The van der Waals surface area contributed by atoms with Gasteiger partial charge in [-0.1, -0.05) is 224 Å². The summed E-state index contributed by atoms with van der Waals surface area (Å²) in [5, 5.41) is 4.90. The molecule has 1 atom stereocenters. The number of rotatable bonds is 9. The van der Waals surface area contributed by atoms with Gasteiger partial charge in [0.1, 0.15) is 0 Å². The highest BCUT2D eigenvalue weighted by molar-refractivity contribution is 6.17. The molecule has 2 nitrogen and oxygen atoms in total. The molecule has 350 valence electrons. The number of allylic oxidation sites excluding steroid dienone is 4. The second kappa shape index (κ2) is 17.8. The van der Waals surface area contributed by atoms with Gasteiger partial charge in [-0.25, -0.2) is 0 Å². The van der Waals surface area contributed by atoms with Gasteiger partial charge in [-0.05, 0) is 140 Å². The number of benzene rings is 11. The molecule has 0 radical (unpaired) electrons. The van der Waals surface area contributed by atoms with E-state index in [1.54, 1.807) is 0 Å². The van der Waals surface area contributed by atoms with E-state index in [9.17, 15) is 0 Å². The van der Waals surface area contributed by atoms with Crippen molar-refractivity contribution < 1.29 is 0 Å². The molecule has 0 aliphatic heterocycles. The Morgan fingerprint density at radius 1 is 0.419 bits per heavy atom. The summed E-state index contributed by atoms with van der Waals surface area (Å²) in [6, 6.07) is 96.3. The number of fused-ring (bicyclic) bond motifs is 6. The van der Waals surface area contributed by atoms with E-state index >= 15 is 0 Å². The fourth-order valence-electron chi connectivity index (χ4n) is 12.7. The average Bonchev–Trinajstić information content (AvgIpc) is 3.96. The maximum absolute atomic E-state index is 2.51. The van der Waals surface area contributed by atoms with Crippen LogP contribution in [0.25, 0.3) is 88.3 Å². The summed E-state index contributed by atoms with van der Waals surface area (Å²) in [6.07, 6.45) is 6.88. The lowest BCUT2D eigenvalue weighted by molar-refractivity contribution is 0.652. The molecule has 14 rings (SSSR count). The predicted molar refractivity (Wildman–Crippen MR) is 313 cm³/mol. The standard InChI is InChI=1S/C72H52N2/c1-72(52-27-7-3-8-28-52)63-39-15-11-33-61(63)70-56(36-21-40-64(70)72)50-45-47-54(48-46-50)73(65-41-16-12-31-57(65)59-37-20-26-51-25-19-35-55(69(51)59)49-23-5-2-6-24-49)66-42-17-13-32-58(66)60-38-22-44-68-71(60)62-34-14-18-43-67(62)74(68)53-29-9-4-10-30-53/h2-14,16-38,40-48H,15,39H2,1H3. The molecular weight excluding hydrogens is 893 g/mol. The van der Waals surface area contributed by atoms with E-state index in [4.69, 9.17) is 0 Å². The molecule has 0 saturated carbocycles. The van der Waals surface area contributed by atoms with Crippen LogP contribution in [0.1, 0.15) is 36.5 Å². The van der Waals surface area contributed by atoms with Gasteiger partial charge in [0.15, 0.2) is 0 Å². The van der Waals surface area contributed by atoms with Crippen molar-refractivity contribution in [1.29, 1.82) is 0 Å². The fourth-order valence-corrected chi connectivity index (χ4v) is 12.7. The monoisotopic (exact) mass is 944 g/mol. The summed E-state index contributed by atoms with van der Waals surface area (Å²) < 4.78 is 2.41. The van der Waals surface area contributed by atoms with Gasteiger partial charge in [0, 0.05) is 38.7 Å². The molecule has 1 aromatic heterocycles. The lowest BCUT2D eigenvalue weighted by atomic mass is 9.71. The number of hydrogen-bond acceptors (Lipinski definition) is 1. The van der Waals surface area contributed by atoms with Crippen LogP contribution in [0.5, 0.6) is 0 Å². The first-order chi connectivity index (χ1) is 36.6. The summed E-state index contributed by atoms with van der Waals surface area (Å²) in [4.78, 5) is 2.51. The lowest BCUT2D eigenvalue weighted by Crippen LogP contribution is -2.24. The minimum Gasteiger partial charge on any atom is -0.309 e. The minimum atomic E-state index is -0.199. The van der Waals surface area contributed by atoms with Crippen molar-refractivity contribution in [2.75, 3.05) is 4.90 Å². The highest BCUT2D eigenvalue weighted by Crippen LogP contribution is 2.56. The van der Waals surface area contributed by atoms with Crippen LogP contribution in [0.4, 0.5) is 17.1 Å². The quantitative estimate of drug-likeness (QED) is 0.140. The maximum atomic E-state index is 2.51. The Morgan fingerprint density at radius 2 is 0.959 bits per heavy atom. The van der Waals surface area contributed by atoms with E-state index in [1.807, 2.05) is 0 Å². The SMILES string of the molecule is CC1(c2ccccc2)C2=C(C=CCC2)c2c(-c3ccc(N(c4ccccc4-c4cccc5cccc(-c6ccccc6)c45)c4ccccc4-c4cccc5c4c4ccccc4n5-c4ccccc4)cc3)cccc21. The van der Waals surface area contributed by atoms with Crippen LogP contribution in [-0.4, -0.2) is 4.57 Å². The van der Waals surface area contributed by atoms with Crippen LogP contribution in [0.2, 0.25) is 0 Å². The number of para-hydroxylation sites is 4. The zero-order valence-corrected chi connectivity index (χ0v) is 41.3. The van der Waals surface area contributed by atoms with Gasteiger partial charge in [0.05, 0.1) is 22.4 Å². The van der Waals surface area contributed by atoms with Gasteiger partial charge in [0.25, 0.3) is 0 Å². The Kier molecular flexibility index (Phi) is 10.5. The molecule has 74 heavy (non-hydrogen) atoms. The van der Waals surface area contributed by atoms with E-state index in [0.29, 0.717) is 0 Å². The summed E-state index contributed by atoms with van der Waals surface area (Å²) in [5.41, 5.74) is 23.2. The molecule has 0 amide bonds. The summed E-state index contributed by atoms with van der Waals surface area (Å²) >= 11 is 0. The van der Waals surface area contributed by atoms with Gasteiger partial charge in [-0.15, -0.1) is 0 Å². The van der Waals surface area contributed by atoms with Gasteiger partial charge in [-0.2, -0.15) is 0 Å². The second-order valence-corrected chi connectivity index (χ2v) is 19.9. The molecule has 2 aliphatic carbocycles. The minimum absolute atomic E-state index is 0.199. The second-order valence-electron chi connectivity index (χ2n) is 19.9. The number of anilines is 3. The molecule has 0 spiro atoms. The van der Waals surface area contributed by atoms with Crippen molar-refractivity contribution in [3.63, 3.8) is 0 Å². The number of hydrogen-bond donors (Lipinski definition) is 0. The average molecular weight is 945 g/mol. The highest BCUT2D eigenvalue weighted by Gasteiger charge is 2.43. The fraction of sp³-hybridized carbons (Fsp3) is 0.0556.